The maximum absolute atomic E-state index is 13.9. The first-order valence-electron chi connectivity index (χ1n) is 9.18. The molecule has 0 radical (unpaired) electrons. The highest BCUT2D eigenvalue weighted by molar-refractivity contribution is 5.89. The minimum Gasteiger partial charge on any atom is -0.345 e. The van der Waals surface area contributed by atoms with Crippen LogP contribution in [0.2, 0.25) is 0 Å². The fraction of sp³-hybridized carbons (Fsp3) is 0.174. The van der Waals surface area contributed by atoms with Gasteiger partial charge in [0, 0.05) is 25.0 Å². The Balaban J connectivity index is 1.75. The van der Waals surface area contributed by atoms with E-state index in [2.05, 4.69) is 35.5 Å². The van der Waals surface area contributed by atoms with E-state index in [-0.39, 0.29) is 11.7 Å². The summed E-state index contributed by atoms with van der Waals surface area (Å²) in [5.74, 6) is -0.461. The SMILES string of the molecule is C=CCN(Cc1cccn1Cc1ccccc1C)C(=O)Nc1ccccc1F. The summed E-state index contributed by atoms with van der Waals surface area (Å²) < 4.78 is 16.0. The molecule has 0 unspecified atom stereocenters. The molecule has 1 aromatic heterocycles. The predicted molar refractivity (Wildman–Crippen MR) is 111 cm³/mol. The maximum atomic E-state index is 13.9. The summed E-state index contributed by atoms with van der Waals surface area (Å²) in [5.41, 5.74) is 3.61. The van der Waals surface area contributed by atoms with Crippen molar-refractivity contribution >= 4 is 11.7 Å². The van der Waals surface area contributed by atoms with E-state index >= 15 is 0 Å². The summed E-state index contributed by atoms with van der Waals surface area (Å²) in [6, 6.07) is 18.0. The van der Waals surface area contributed by atoms with Crippen LogP contribution in [0, 0.1) is 12.7 Å². The van der Waals surface area contributed by atoms with E-state index in [9.17, 15) is 9.18 Å². The molecule has 3 aromatic rings. The Kier molecular flexibility index (Phi) is 6.27. The lowest BCUT2D eigenvalue weighted by Crippen LogP contribution is -2.35. The molecule has 2 amide bonds. The number of carbonyl (C=O) groups is 1. The molecule has 5 heteroatoms. The number of aryl methyl sites for hydroxylation is 1. The quantitative estimate of drug-likeness (QED) is 0.564. The van der Waals surface area contributed by atoms with Gasteiger partial charge in [0.25, 0.3) is 0 Å². The third-order valence-corrected chi connectivity index (χ3v) is 4.63. The summed E-state index contributed by atoms with van der Waals surface area (Å²) in [6.07, 6.45) is 3.66. The molecule has 1 N–H and O–H groups in total. The second-order valence-electron chi connectivity index (χ2n) is 6.63. The molecule has 0 saturated carbocycles. The molecule has 0 aliphatic heterocycles. The maximum Gasteiger partial charge on any atom is 0.322 e. The zero-order valence-corrected chi connectivity index (χ0v) is 15.9. The number of halogens is 1. The number of amides is 2. The highest BCUT2D eigenvalue weighted by Gasteiger charge is 2.16. The Morgan fingerprint density at radius 2 is 1.89 bits per heavy atom. The number of urea groups is 1. The van der Waals surface area contributed by atoms with E-state index in [1.165, 1.54) is 17.2 Å². The largest absolute Gasteiger partial charge is 0.345 e. The fourth-order valence-corrected chi connectivity index (χ4v) is 3.05. The van der Waals surface area contributed by atoms with Crippen LogP contribution in [0.15, 0.2) is 79.5 Å². The summed E-state index contributed by atoms with van der Waals surface area (Å²) in [4.78, 5) is 14.3. The normalized spacial score (nSPS) is 10.5. The number of anilines is 1. The monoisotopic (exact) mass is 377 g/mol. The van der Waals surface area contributed by atoms with Crippen LogP contribution in [0.25, 0.3) is 0 Å². The molecule has 0 aliphatic rings. The van der Waals surface area contributed by atoms with Crippen LogP contribution < -0.4 is 5.32 Å². The number of nitrogens with zero attached hydrogens (tertiary/aromatic N) is 2. The Morgan fingerprint density at radius 1 is 1.14 bits per heavy atom. The van der Waals surface area contributed by atoms with Gasteiger partial charge in [-0.3, -0.25) is 0 Å². The first-order chi connectivity index (χ1) is 13.6. The van der Waals surface area contributed by atoms with Gasteiger partial charge < -0.3 is 14.8 Å². The van der Waals surface area contributed by atoms with Gasteiger partial charge >= 0.3 is 6.03 Å². The standard InChI is InChI=1S/C23H24FN3O/c1-3-14-27(23(28)25-22-13-7-6-12-21(22)24)17-20-11-8-15-26(20)16-19-10-5-4-9-18(19)2/h3-13,15H,1,14,16-17H2,2H3,(H,25,28). The number of rotatable bonds is 7. The van der Waals surface area contributed by atoms with Gasteiger partial charge in [0.05, 0.1) is 12.2 Å². The molecular formula is C23H24FN3O. The van der Waals surface area contributed by atoms with Crippen molar-refractivity contribution in [1.82, 2.24) is 9.47 Å². The molecule has 4 nitrogen and oxygen atoms in total. The smallest absolute Gasteiger partial charge is 0.322 e. The summed E-state index contributed by atoms with van der Waals surface area (Å²) >= 11 is 0. The molecule has 0 atom stereocenters. The second-order valence-corrected chi connectivity index (χ2v) is 6.63. The topological polar surface area (TPSA) is 37.3 Å². The molecule has 3 rings (SSSR count). The minimum atomic E-state index is -0.461. The van der Waals surface area contributed by atoms with Crippen molar-refractivity contribution < 1.29 is 9.18 Å². The summed E-state index contributed by atoms with van der Waals surface area (Å²) in [7, 11) is 0. The third-order valence-electron chi connectivity index (χ3n) is 4.63. The Morgan fingerprint density at radius 3 is 2.64 bits per heavy atom. The molecule has 28 heavy (non-hydrogen) atoms. The number of hydrogen-bond acceptors (Lipinski definition) is 1. The number of nitrogens with one attached hydrogen (secondary N) is 1. The fourth-order valence-electron chi connectivity index (χ4n) is 3.05. The summed E-state index contributed by atoms with van der Waals surface area (Å²) in [5, 5.41) is 2.64. The van der Waals surface area contributed by atoms with Crippen LogP contribution in [0.4, 0.5) is 14.9 Å². The van der Waals surface area contributed by atoms with Gasteiger partial charge in [-0.05, 0) is 42.3 Å². The van der Waals surface area contributed by atoms with E-state index in [1.807, 2.05) is 30.5 Å². The molecule has 0 spiro atoms. The van der Waals surface area contributed by atoms with Crippen molar-refractivity contribution in [2.24, 2.45) is 0 Å². The molecule has 0 saturated heterocycles. The van der Waals surface area contributed by atoms with E-state index < -0.39 is 5.82 Å². The van der Waals surface area contributed by atoms with E-state index in [0.717, 1.165) is 12.2 Å². The average molecular weight is 377 g/mol. The second kappa shape index (κ2) is 9.04. The zero-order valence-electron chi connectivity index (χ0n) is 15.9. The Bertz CT molecular complexity index is 964. The van der Waals surface area contributed by atoms with Gasteiger partial charge in [0.15, 0.2) is 0 Å². The number of para-hydroxylation sites is 1. The van der Waals surface area contributed by atoms with Crippen LogP contribution in [0.3, 0.4) is 0 Å². The first-order valence-corrected chi connectivity index (χ1v) is 9.18. The lowest BCUT2D eigenvalue weighted by atomic mass is 10.1. The van der Waals surface area contributed by atoms with Crippen molar-refractivity contribution in [1.29, 1.82) is 0 Å². The van der Waals surface area contributed by atoms with Crippen molar-refractivity contribution in [3.63, 3.8) is 0 Å². The lowest BCUT2D eigenvalue weighted by molar-refractivity contribution is 0.213. The molecular weight excluding hydrogens is 353 g/mol. The van der Waals surface area contributed by atoms with Crippen LogP contribution in [-0.2, 0) is 13.1 Å². The van der Waals surface area contributed by atoms with E-state index in [4.69, 9.17) is 0 Å². The highest BCUT2D eigenvalue weighted by Crippen LogP contribution is 2.16. The average Bonchev–Trinajstić information content (AvgIpc) is 3.12. The van der Waals surface area contributed by atoms with Crippen LogP contribution in [0.1, 0.15) is 16.8 Å². The molecule has 2 aromatic carbocycles. The highest BCUT2D eigenvalue weighted by atomic mass is 19.1. The number of carbonyl (C=O) groups excluding carboxylic acids is 1. The van der Waals surface area contributed by atoms with Crippen molar-refractivity contribution in [3.05, 3.63) is 102 Å². The molecule has 0 aliphatic carbocycles. The van der Waals surface area contributed by atoms with Crippen molar-refractivity contribution in [3.8, 4) is 0 Å². The van der Waals surface area contributed by atoms with Crippen LogP contribution in [-0.4, -0.2) is 22.0 Å². The Hall–Kier alpha value is -3.34. The van der Waals surface area contributed by atoms with E-state index in [0.29, 0.717) is 13.1 Å². The molecule has 0 bridgehead atoms. The first kappa shape index (κ1) is 19.4. The third kappa shape index (κ3) is 4.68. The van der Waals surface area contributed by atoms with Crippen LogP contribution in [0.5, 0.6) is 0 Å². The van der Waals surface area contributed by atoms with Crippen LogP contribution >= 0.6 is 0 Å². The molecule has 1 heterocycles. The van der Waals surface area contributed by atoms with Gasteiger partial charge in [0.1, 0.15) is 5.82 Å². The Labute approximate surface area is 164 Å². The number of benzene rings is 2. The number of aromatic nitrogens is 1. The van der Waals surface area contributed by atoms with Gasteiger partial charge in [-0.1, -0.05) is 42.5 Å². The van der Waals surface area contributed by atoms with E-state index in [1.54, 1.807) is 29.2 Å². The predicted octanol–water partition coefficient (Wildman–Crippen LogP) is 5.20. The minimum absolute atomic E-state index is 0.164. The van der Waals surface area contributed by atoms with Gasteiger partial charge in [0.2, 0.25) is 0 Å². The lowest BCUT2D eigenvalue weighted by Gasteiger charge is -2.23. The van der Waals surface area contributed by atoms with Crippen molar-refractivity contribution in [2.45, 2.75) is 20.0 Å². The zero-order chi connectivity index (χ0) is 19.9. The van der Waals surface area contributed by atoms with Gasteiger partial charge in [-0.15, -0.1) is 6.58 Å². The molecule has 0 fully saturated rings. The van der Waals surface area contributed by atoms with Gasteiger partial charge in [-0.25, -0.2) is 9.18 Å². The molecule has 144 valence electrons. The van der Waals surface area contributed by atoms with Crippen molar-refractivity contribution in [2.75, 3.05) is 11.9 Å². The van der Waals surface area contributed by atoms with Gasteiger partial charge in [-0.2, -0.15) is 0 Å². The number of hydrogen-bond donors (Lipinski definition) is 1. The summed E-state index contributed by atoms with van der Waals surface area (Å²) in [6.45, 7) is 7.30.